The molecule has 1 rings (SSSR count). The van der Waals surface area contributed by atoms with Crippen molar-refractivity contribution in [1.29, 1.82) is 0 Å². The van der Waals surface area contributed by atoms with Crippen molar-refractivity contribution in [2.24, 2.45) is 0 Å². The van der Waals surface area contributed by atoms with Crippen LogP contribution in [0.25, 0.3) is 0 Å². The highest BCUT2D eigenvalue weighted by Crippen LogP contribution is 1.98. The molecule has 0 aliphatic carbocycles. The molecule has 0 saturated carbocycles. The van der Waals surface area contributed by atoms with E-state index in [4.69, 9.17) is 5.11 Å². The molecule has 3 N–H and O–H groups in total. The van der Waals surface area contributed by atoms with E-state index in [1.807, 2.05) is 5.32 Å². The number of rotatable bonds is 2. The lowest BCUT2D eigenvalue weighted by molar-refractivity contribution is -0.136. The van der Waals surface area contributed by atoms with E-state index in [1.54, 1.807) is 0 Å². The number of carbonyl (C=O) groups is 3. The molecule has 1 saturated heterocycles. The van der Waals surface area contributed by atoms with Crippen molar-refractivity contribution in [3.63, 3.8) is 0 Å². The molecule has 1 aliphatic rings. The summed E-state index contributed by atoms with van der Waals surface area (Å²) in [5.74, 6) is -1.65. The highest BCUT2D eigenvalue weighted by Gasteiger charge is 2.22. The molecule has 0 radical (unpaired) electrons. The van der Waals surface area contributed by atoms with E-state index in [0.29, 0.717) is 0 Å². The third kappa shape index (κ3) is 1.82. The first kappa shape index (κ1) is 8.25. The number of carboxylic acids is 1. The van der Waals surface area contributed by atoms with Crippen LogP contribution in [0, 0.1) is 0 Å². The van der Waals surface area contributed by atoms with Gasteiger partial charge in [-0.05, 0) is 6.08 Å². The van der Waals surface area contributed by atoms with Crippen LogP contribution < -0.4 is 10.6 Å². The topological polar surface area (TPSA) is 95.5 Å². The molecule has 3 amide bonds. The Bertz CT molecular complexity index is 281. The molecular weight excluding hydrogens is 164 g/mol. The normalized spacial score (nSPS) is 19.2. The fourth-order valence-corrected chi connectivity index (χ4v) is 0.714. The minimum Gasteiger partial charge on any atom is -0.481 e. The molecule has 0 unspecified atom stereocenters. The first-order valence-corrected chi connectivity index (χ1v) is 3.14. The van der Waals surface area contributed by atoms with Crippen molar-refractivity contribution < 1.29 is 19.5 Å². The van der Waals surface area contributed by atoms with Crippen LogP contribution >= 0.6 is 0 Å². The smallest absolute Gasteiger partial charge is 0.326 e. The quantitative estimate of drug-likeness (QED) is 0.373. The third-order valence-electron chi connectivity index (χ3n) is 1.20. The predicted molar refractivity (Wildman–Crippen MR) is 37.0 cm³/mol. The Labute approximate surface area is 67.2 Å². The largest absolute Gasteiger partial charge is 0.481 e. The van der Waals surface area contributed by atoms with Gasteiger partial charge >= 0.3 is 12.0 Å². The summed E-state index contributed by atoms with van der Waals surface area (Å²) in [5.41, 5.74) is -0.0117. The van der Waals surface area contributed by atoms with Gasteiger partial charge in [-0.3, -0.25) is 14.9 Å². The van der Waals surface area contributed by atoms with Crippen LogP contribution in [0.2, 0.25) is 0 Å². The molecule has 6 heteroatoms. The summed E-state index contributed by atoms with van der Waals surface area (Å²) >= 11 is 0. The summed E-state index contributed by atoms with van der Waals surface area (Å²) in [5, 5.41) is 12.3. The Morgan fingerprint density at radius 3 is 2.50 bits per heavy atom. The van der Waals surface area contributed by atoms with Gasteiger partial charge in [-0.2, -0.15) is 0 Å². The number of nitrogens with one attached hydrogen (secondary N) is 2. The van der Waals surface area contributed by atoms with Crippen molar-refractivity contribution in [2.45, 2.75) is 6.42 Å². The van der Waals surface area contributed by atoms with E-state index >= 15 is 0 Å². The summed E-state index contributed by atoms with van der Waals surface area (Å²) < 4.78 is 0. The molecule has 0 bridgehead atoms. The number of urea groups is 1. The van der Waals surface area contributed by atoms with E-state index in [0.717, 1.165) is 6.08 Å². The summed E-state index contributed by atoms with van der Waals surface area (Å²) in [6.07, 6.45) is 0.853. The predicted octanol–water partition coefficient (Wildman–Crippen LogP) is -0.816. The molecule has 6 nitrogen and oxygen atoms in total. The fourth-order valence-electron chi connectivity index (χ4n) is 0.714. The molecule has 1 aliphatic heterocycles. The maximum absolute atomic E-state index is 10.7. The highest BCUT2D eigenvalue weighted by atomic mass is 16.4. The van der Waals surface area contributed by atoms with Gasteiger partial charge in [-0.1, -0.05) is 0 Å². The number of hydrogen-bond donors (Lipinski definition) is 3. The van der Waals surface area contributed by atoms with E-state index in [2.05, 4.69) is 5.32 Å². The molecule has 12 heavy (non-hydrogen) atoms. The second-order valence-corrected chi connectivity index (χ2v) is 2.12. The van der Waals surface area contributed by atoms with Crippen LogP contribution in [0.4, 0.5) is 4.79 Å². The van der Waals surface area contributed by atoms with E-state index in [9.17, 15) is 14.4 Å². The van der Waals surface area contributed by atoms with Crippen LogP contribution in [0.15, 0.2) is 11.8 Å². The maximum atomic E-state index is 10.7. The van der Waals surface area contributed by atoms with Gasteiger partial charge in [0.1, 0.15) is 5.70 Å². The lowest BCUT2D eigenvalue weighted by Crippen LogP contribution is -2.22. The van der Waals surface area contributed by atoms with Crippen LogP contribution in [0.1, 0.15) is 6.42 Å². The van der Waals surface area contributed by atoms with Gasteiger partial charge in [0.15, 0.2) is 0 Å². The minimum absolute atomic E-state index is 0.0117. The molecule has 64 valence electrons. The first-order valence-electron chi connectivity index (χ1n) is 3.14. The Morgan fingerprint density at radius 2 is 2.08 bits per heavy atom. The number of hydrogen-bond acceptors (Lipinski definition) is 3. The highest BCUT2D eigenvalue weighted by molar-refractivity contribution is 6.11. The monoisotopic (exact) mass is 170 g/mol. The zero-order valence-electron chi connectivity index (χ0n) is 5.96. The van der Waals surface area contributed by atoms with Crippen molar-refractivity contribution in [3.8, 4) is 0 Å². The second-order valence-electron chi connectivity index (χ2n) is 2.12. The Morgan fingerprint density at radius 1 is 1.42 bits per heavy atom. The maximum Gasteiger partial charge on any atom is 0.326 e. The molecule has 0 atom stereocenters. The van der Waals surface area contributed by atoms with Gasteiger partial charge in [-0.25, -0.2) is 4.79 Å². The molecule has 0 spiro atoms. The van der Waals surface area contributed by atoms with Crippen LogP contribution in [-0.4, -0.2) is 23.0 Å². The molecule has 0 aromatic heterocycles. The number of amides is 3. The SMILES string of the molecule is O=C(O)C/C=C1/NC(=O)NC1=O. The first-order chi connectivity index (χ1) is 5.59. The lowest BCUT2D eigenvalue weighted by Gasteiger charge is -1.89. The van der Waals surface area contributed by atoms with Gasteiger partial charge in [0.25, 0.3) is 5.91 Å². The van der Waals surface area contributed by atoms with Crippen molar-refractivity contribution >= 4 is 17.9 Å². The van der Waals surface area contributed by atoms with Gasteiger partial charge < -0.3 is 10.4 Å². The number of imide groups is 1. The zero-order valence-corrected chi connectivity index (χ0v) is 5.96. The Kier molecular flexibility index (Phi) is 2.09. The summed E-state index contributed by atoms with van der Waals surface area (Å²) in [7, 11) is 0. The summed E-state index contributed by atoms with van der Waals surface area (Å²) in [4.78, 5) is 31.3. The standard InChI is InChI=1S/C6H6N2O4/c9-4(10)2-1-3-5(11)8-6(12)7-3/h1H,2H2,(H,9,10)(H2,7,8,11,12)/b3-1+. The number of carbonyl (C=O) groups excluding carboxylic acids is 2. The van der Waals surface area contributed by atoms with Gasteiger partial charge in [-0.15, -0.1) is 0 Å². The number of aliphatic carboxylic acids is 1. The molecule has 1 fully saturated rings. The summed E-state index contributed by atoms with van der Waals surface area (Å²) in [6, 6.07) is -0.628. The van der Waals surface area contributed by atoms with Crippen LogP contribution in [0.5, 0.6) is 0 Å². The fraction of sp³-hybridized carbons (Fsp3) is 0.167. The Hall–Kier alpha value is -1.85. The van der Waals surface area contributed by atoms with Crippen molar-refractivity contribution in [1.82, 2.24) is 10.6 Å². The van der Waals surface area contributed by atoms with Crippen LogP contribution in [-0.2, 0) is 9.59 Å². The van der Waals surface area contributed by atoms with Gasteiger partial charge in [0, 0.05) is 0 Å². The number of carboxylic acid groups (broad SMARTS) is 1. The lowest BCUT2D eigenvalue weighted by atomic mass is 10.3. The van der Waals surface area contributed by atoms with E-state index in [1.165, 1.54) is 0 Å². The minimum atomic E-state index is -1.06. The van der Waals surface area contributed by atoms with Crippen LogP contribution in [0.3, 0.4) is 0 Å². The molecule has 1 heterocycles. The van der Waals surface area contributed by atoms with E-state index < -0.39 is 17.9 Å². The average molecular weight is 170 g/mol. The summed E-state index contributed by atoms with van der Waals surface area (Å²) in [6.45, 7) is 0. The molecule has 0 aromatic rings. The van der Waals surface area contributed by atoms with Gasteiger partial charge in [0.2, 0.25) is 0 Å². The second kappa shape index (κ2) is 3.04. The average Bonchev–Trinajstić information content (AvgIpc) is 2.26. The molecular formula is C6H6N2O4. The Balaban J connectivity index is 2.63. The van der Waals surface area contributed by atoms with Crippen molar-refractivity contribution in [3.05, 3.63) is 11.8 Å². The van der Waals surface area contributed by atoms with Gasteiger partial charge in [0.05, 0.1) is 6.42 Å². The molecule has 0 aromatic carbocycles. The van der Waals surface area contributed by atoms with Crippen molar-refractivity contribution in [2.75, 3.05) is 0 Å². The zero-order chi connectivity index (χ0) is 9.14. The van der Waals surface area contributed by atoms with E-state index in [-0.39, 0.29) is 12.1 Å². The third-order valence-corrected chi connectivity index (χ3v) is 1.20.